The molecule has 1 aliphatic heterocycles. The number of aromatic nitrogens is 4. The number of hydrogen-bond acceptors (Lipinski definition) is 6. The maximum absolute atomic E-state index is 13.0. The Kier molecular flexibility index (Phi) is 5.43. The molecule has 10 heteroatoms. The SMILES string of the molecule is CCn1ncc(NC(=O)c2ccc(Cn3cccn3)o2)c1C(=O)N1CCOCC1. The largest absolute Gasteiger partial charge is 0.454 e. The number of rotatable bonds is 6. The zero-order chi connectivity index (χ0) is 20.2. The van der Waals surface area contributed by atoms with E-state index >= 15 is 0 Å². The van der Waals surface area contributed by atoms with E-state index < -0.39 is 5.91 Å². The molecule has 2 amide bonds. The predicted octanol–water partition coefficient (Wildman–Crippen LogP) is 1.47. The minimum Gasteiger partial charge on any atom is -0.454 e. The van der Waals surface area contributed by atoms with Crippen LogP contribution in [-0.4, -0.2) is 62.6 Å². The lowest BCUT2D eigenvalue weighted by atomic mass is 10.2. The summed E-state index contributed by atoms with van der Waals surface area (Å²) in [4.78, 5) is 27.4. The lowest BCUT2D eigenvalue weighted by Crippen LogP contribution is -2.41. The highest BCUT2D eigenvalue weighted by atomic mass is 16.5. The molecule has 29 heavy (non-hydrogen) atoms. The Morgan fingerprint density at radius 2 is 2.03 bits per heavy atom. The van der Waals surface area contributed by atoms with Crippen molar-refractivity contribution in [3.63, 3.8) is 0 Å². The Bertz CT molecular complexity index is 984. The summed E-state index contributed by atoms with van der Waals surface area (Å²) in [6, 6.07) is 5.14. The Labute approximate surface area is 167 Å². The van der Waals surface area contributed by atoms with Gasteiger partial charge in [0.25, 0.3) is 11.8 Å². The van der Waals surface area contributed by atoms with E-state index in [1.165, 1.54) is 6.20 Å². The number of anilines is 1. The lowest BCUT2D eigenvalue weighted by Gasteiger charge is -2.27. The van der Waals surface area contributed by atoms with Gasteiger partial charge >= 0.3 is 0 Å². The van der Waals surface area contributed by atoms with Gasteiger partial charge in [0.05, 0.1) is 31.6 Å². The van der Waals surface area contributed by atoms with E-state index in [9.17, 15) is 9.59 Å². The molecular weight excluding hydrogens is 376 g/mol. The van der Waals surface area contributed by atoms with E-state index in [-0.39, 0.29) is 11.7 Å². The molecule has 1 N–H and O–H groups in total. The molecule has 0 bridgehead atoms. The summed E-state index contributed by atoms with van der Waals surface area (Å²) in [5.74, 6) is 0.138. The molecule has 1 saturated heterocycles. The van der Waals surface area contributed by atoms with Crippen LogP contribution in [0.25, 0.3) is 0 Å². The van der Waals surface area contributed by atoms with Crippen LogP contribution in [0.15, 0.2) is 41.2 Å². The standard InChI is InChI=1S/C19H22N6O4/c1-2-25-17(19(27)23-8-10-28-11-9-23)15(12-21-25)22-18(26)16-5-4-14(29-16)13-24-7-3-6-20-24/h3-7,12H,2,8-11,13H2,1H3,(H,22,26). The molecule has 1 aliphatic rings. The summed E-state index contributed by atoms with van der Waals surface area (Å²) in [5, 5.41) is 11.1. The number of furan rings is 1. The van der Waals surface area contributed by atoms with Crippen molar-refractivity contribution < 1.29 is 18.7 Å². The highest BCUT2D eigenvalue weighted by molar-refractivity contribution is 6.07. The van der Waals surface area contributed by atoms with Crippen LogP contribution in [0.5, 0.6) is 0 Å². The third-order valence-corrected chi connectivity index (χ3v) is 4.65. The van der Waals surface area contributed by atoms with Gasteiger partial charge in [-0.15, -0.1) is 0 Å². The molecule has 0 saturated carbocycles. The van der Waals surface area contributed by atoms with Crippen LogP contribution in [-0.2, 0) is 17.8 Å². The van der Waals surface area contributed by atoms with Gasteiger partial charge in [-0.05, 0) is 25.1 Å². The second-order valence-electron chi connectivity index (χ2n) is 6.55. The first-order valence-corrected chi connectivity index (χ1v) is 9.46. The van der Waals surface area contributed by atoms with Gasteiger partial charge in [-0.2, -0.15) is 10.2 Å². The Morgan fingerprint density at radius 1 is 1.21 bits per heavy atom. The summed E-state index contributed by atoms with van der Waals surface area (Å²) in [6.45, 7) is 4.85. The fraction of sp³-hybridized carbons (Fsp3) is 0.368. The van der Waals surface area contributed by atoms with Crippen LogP contribution < -0.4 is 5.32 Å². The van der Waals surface area contributed by atoms with Crippen LogP contribution in [0.4, 0.5) is 5.69 Å². The van der Waals surface area contributed by atoms with Gasteiger partial charge in [0.1, 0.15) is 11.5 Å². The maximum atomic E-state index is 13.0. The normalized spacial score (nSPS) is 14.2. The molecular formula is C19H22N6O4. The van der Waals surface area contributed by atoms with Gasteiger partial charge in [0.2, 0.25) is 0 Å². The second-order valence-corrected chi connectivity index (χ2v) is 6.55. The number of carbonyl (C=O) groups is 2. The Morgan fingerprint density at radius 3 is 2.76 bits per heavy atom. The molecule has 4 heterocycles. The zero-order valence-corrected chi connectivity index (χ0v) is 16.1. The first-order valence-electron chi connectivity index (χ1n) is 9.46. The van der Waals surface area contributed by atoms with Crippen molar-refractivity contribution in [3.8, 4) is 0 Å². The topological polar surface area (TPSA) is 107 Å². The van der Waals surface area contributed by atoms with Gasteiger partial charge in [-0.1, -0.05) is 0 Å². The summed E-state index contributed by atoms with van der Waals surface area (Å²) in [5.41, 5.74) is 0.712. The van der Waals surface area contributed by atoms with E-state index in [0.29, 0.717) is 56.5 Å². The van der Waals surface area contributed by atoms with Crippen LogP contribution in [0, 0.1) is 0 Å². The molecule has 1 fully saturated rings. The number of carbonyl (C=O) groups excluding carboxylic acids is 2. The molecule has 0 spiro atoms. The van der Waals surface area contributed by atoms with Crippen molar-refractivity contribution in [3.05, 3.63) is 54.0 Å². The Hall–Kier alpha value is -3.40. The third-order valence-electron chi connectivity index (χ3n) is 4.65. The molecule has 0 aliphatic carbocycles. The van der Waals surface area contributed by atoms with Crippen molar-refractivity contribution in [2.45, 2.75) is 20.0 Å². The molecule has 0 radical (unpaired) electrons. The fourth-order valence-electron chi connectivity index (χ4n) is 3.18. The summed E-state index contributed by atoms with van der Waals surface area (Å²) < 4.78 is 14.2. The van der Waals surface area contributed by atoms with E-state index in [1.54, 1.807) is 32.6 Å². The highest BCUT2D eigenvalue weighted by Crippen LogP contribution is 2.20. The van der Waals surface area contributed by atoms with Crippen LogP contribution >= 0.6 is 0 Å². The molecule has 152 valence electrons. The van der Waals surface area contributed by atoms with E-state index in [0.717, 1.165) is 0 Å². The predicted molar refractivity (Wildman–Crippen MR) is 103 cm³/mol. The lowest BCUT2D eigenvalue weighted by molar-refractivity contribution is 0.0295. The monoisotopic (exact) mass is 398 g/mol. The second kappa shape index (κ2) is 8.31. The van der Waals surface area contributed by atoms with Crippen molar-refractivity contribution in [1.82, 2.24) is 24.5 Å². The number of morpholine rings is 1. The molecule has 0 atom stereocenters. The van der Waals surface area contributed by atoms with Crippen molar-refractivity contribution in [1.29, 1.82) is 0 Å². The van der Waals surface area contributed by atoms with Gasteiger partial charge in [0, 0.05) is 32.0 Å². The molecule has 10 nitrogen and oxygen atoms in total. The van der Waals surface area contributed by atoms with E-state index in [2.05, 4.69) is 15.5 Å². The zero-order valence-electron chi connectivity index (χ0n) is 16.1. The summed E-state index contributed by atoms with van der Waals surface area (Å²) >= 11 is 0. The molecule has 4 rings (SSSR count). The first-order chi connectivity index (χ1) is 14.2. The van der Waals surface area contributed by atoms with E-state index in [4.69, 9.17) is 9.15 Å². The number of ether oxygens (including phenoxy) is 1. The fourth-order valence-corrected chi connectivity index (χ4v) is 3.18. The number of nitrogens with zero attached hydrogens (tertiary/aromatic N) is 5. The quantitative estimate of drug-likeness (QED) is 0.674. The number of hydrogen-bond donors (Lipinski definition) is 1. The number of nitrogens with one attached hydrogen (secondary N) is 1. The third kappa shape index (κ3) is 4.06. The Balaban J connectivity index is 1.50. The van der Waals surface area contributed by atoms with Crippen molar-refractivity contribution in [2.75, 3.05) is 31.6 Å². The average molecular weight is 398 g/mol. The number of amides is 2. The van der Waals surface area contributed by atoms with Crippen molar-refractivity contribution in [2.24, 2.45) is 0 Å². The van der Waals surface area contributed by atoms with Crippen LogP contribution in [0.2, 0.25) is 0 Å². The average Bonchev–Trinajstić information content (AvgIpc) is 3.49. The van der Waals surface area contributed by atoms with Crippen LogP contribution in [0.1, 0.15) is 33.7 Å². The van der Waals surface area contributed by atoms with Gasteiger partial charge in [-0.25, -0.2) is 0 Å². The van der Waals surface area contributed by atoms with Gasteiger partial charge < -0.3 is 19.4 Å². The van der Waals surface area contributed by atoms with Crippen molar-refractivity contribution >= 4 is 17.5 Å². The van der Waals surface area contributed by atoms with E-state index in [1.807, 2.05) is 19.2 Å². The molecule has 3 aromatic rings. The number of aryl methyl sites for hydroxylation is 1. The maximum Gasteiger partial charge on any atom is 0.291 e. The molecule has 0 unspecified atom stereocenters. The molecule has 0 aromatic carbocycles. The summed E-state index contributed by atoms with van der Waals surface area (Å²) in [6.07, 6.45) is 4.97. The van der Waals surface area contributed by atoms with Crippen LogP contribution in [0.3, 0.4) is 0 Å². The minimum absolute atomic E-state index is 0.154. The smallest absolute Gasteiger partial charge is 0.291 e. The first kappa shape index (κ1) is 18.9. The summed E-state index contributed by atoms with van der Waals surface area (Å²) in [7, 11) is 0. The van der Waals surface area contributed by atoms with Gasteiger partial charge in [0.15, 0.2) is 5.76 Å². The van der Waals surface area contributed by atoms with Gasteiger partial charge in [-0.3, -0.25) is 19.0 Å². The highest BCUT2D eigenvalue weighted by Gasteiger charge is 2.26. The minimum atomic E-state index is -0.441. The molecule has 3 aromatic heterocycles.